The molecule has 3 unspecified atom stereocenters. The highest BCUT2D eigenvalue weighted by atomic mass is 19.1. The minimum atomic E-state index is -0.520. The van der Waals surface area contributed by atoms with Gasteiger partial charge in [-0.25, -0.2) is 4.39 Å². The summed E-state index contributed by atoms with van der Waals surface area (Å²) in [5, 5.41) is 0. The molecule has 0 spiro atoms. The standard InChI is InChI=1S/C22H37F/c1-3-4-17-6-9-18(10-7-17)19-11-13-20(14-12-19)21-8-5-16(2)22(23)15-21/h3-4,16-22H,5-15H2,1-2H3/b4-3+. The smallest absolute Gasteiger partial charge is 0.103 e. The molecule has 0 amide bonds. The summed E-state index contributed by atoms with van der Waals surface area (Å²) in [7, 11) is 0. The van der Waals surface area contributed by atoms with Crippen molar-refractivity contribution >= 4 is 0 Å². The van der Waals surface area contributed by atoms with Crippen LogP contribution in [0.2, 0.25) is 0 Å². The quantitative estimate of drug-likeness (QED) is 0.493. The maximum Gasteiger partial charge on any atom is 0.103 e. The molecule has 3 atom stereocenters. The van der Waals surface area contributed by atoms with E-state index in [9.17, 15) is 4.39 Å². The van der Waals surface area contributed by atoms with Crippen LogP contribution in [0.3, 0.4) is 0 Å². The second kappa shape index (κ2) is 8.17. The Morgan fingerprint density at radius 2 is 1.17 bits per heavy atom. The Labute approximate surface area is 143 Å². The highest BCUT2D eigenvalue weighted by molar-refractivity contribution is 4.91. The first kappa shape index (κ1) is 17.5. The molecule has 1 heteroatoms. The van der Waals surface area contributed by atoms with Crippen molar-refractivity contribution in [3.8, 4) is 0 Å². The maximum atomic E-state index is 14.0. The fourth-order valence-electron chi connectivity index (χ4n) is 5.89. The third-order valence-electron chi connectivity index (χ3n) is 7.57. The van der Waals surface area contributed by atoms with Crippen molar-refractivity contribution in [3.63, 3.8) is 0 Å². The van der Waals surface area contributed by atoms with E-state index in [-0.39, 0.29) is 0 Å². The third kappa shape index (κ3) is 4.40. The van der Waals surface area contributed by atoms with Crippen LogP contribution in [0.25, 0.3) is 0 Å². The minimum Gasteiger partial charge on any atom is -0.247 e. The predicted molar refractivity (Wildman–Crippen MR) is 97.1 cm³/mol. The average Bonchev–Trinajstić information content (AvgIpc) is 2.59. The molecule has 0 aromatic heterocycles. The van der Waals surface area contributed by atoms with Gasteiger partial charge in [0, 0.05) is 0 Å². The number of hydrogen-bond acceptors (Lipinski definition) is 0. The highest BCUT2D eigenvalue weighted by Crippen LogP contribution is 2.46. The van der Waals surface area contributed by atoms with Crippen molar-refractivity contribution in [1.29, 1.82) is 0 Å². The van der Waals surface area contributed by atoms with Crippen molar-refractivity contribution in [2.75, 3.05) is 0 Å². The zero-order valence-electron chi connectivity index (χ0n) is 15.4. The summed E-state index contributed by atoms with van der Waals surface area (Å²) in [6.07, 6.45) is 18.8. The fraction of sp³-hybridized carbons (Fsp3) is 0.909. The summed E-state index contributed by atoms with van der Waals surface area (Å²) in [5.41, 5.74) is 0. The van der Waals surface area contributed by atoms with Gasteiger partial charge >= 0.3 is 0 Å². The number of hydrogen-bond donors (Lipinski definition) is 0. The molecule has 0 bridgehead atoms. The van der Waals surface area contributed by atoms with Gasteiger partial charge in [0.15, 0.2) is 0 Å². The van der Waals surface area contributed by atoms with Gasteiger partial charge in [0.1, 0.15) is 6.17 Å². The largest absolute Gasteiger partial charge is 0.247 e. The molecular formula is C22H37F. The molecule has 0 radical (unpaired) electrons. The van der Waals surface area contributed by atoms with E-state index in [2.05, 4.69) is 26.0 Å². The van der Waals surface area contributed by atoms with Gasteiger partial charge in [-0.1, -0.05) is 19.1 Å². The number of halogens is 1. The summed E-state index contributed by atoms with van der Waals surface area (Å²) in [4.78, 5) is 0. The topological polar surface area (TPSA) is 0 Å². The van der Waals surface area contributed by atoms with Crippen molar-refractivity contribution in [2.24, 2.45) is 35.5 Å². The van der Waals surface area contributed by atoms with Gasteiger partial charge in [-0.05, 0) is 113 Å². The molecule has 3 aliphatic carbocycles. The van der Waals surface area contributed by atoms with E-state index in [1.807, 2.05) is 0 Å². The van der Waals surface area contributed by atoms with Crippen LogP contribution < -0.4 is 0 Å². The Kier molecular flexibility index (Phi) is 6.21. The van der Waals surface area contributed by atoms with Crippen molar-refractivity contribution in [2.45, 2.75) is 90.6 Å². The van der Waals surface area contributed by atoms with Gasteiger partial charge in [0.2, 0.25) is 0 Å². The molecule has 0 saturated heterocycles. The van der Waals surface area contributed by atoms with Crippen molar-refractivity contribution in [1.82, 2.24) is 0 Å². The SMILES string of the molecule is C/C=C/C1CCC(C2CCC(C3CCC(C)C(F)C3)CC2)CC1. The van der Waals surface area contributed by atoms with Crippen LogP contribution in [0.15, 0.2) is 12.2 Å². The van der Waals surface area contributed by atoms with E-state index in [4.69, 9.17) is 0 Å². The van der Waals surface area contributed by atoms with Crippen molar-refractivity contribution < 1.29 is 4.39 Å². The second-order valence-corrected chi connectivity index (χ2v) is 8.94. The van der Waals surface area contributed by atoms with E-state index >= 15 is 0 Å². The normalized spacial score (nSPS) is 46.1. The number of alkyl halides is 1. The lowest BCUT2D eigenvalue weighted by Gasteiger charge is -2.41. The second-order valence-electron chi connectivity index (χ2n) is 8.94. The van der Waals surface area contributed by atoms with Crippen LogP contribution in [-0.4, -0.2) is 6.17 Å². The Bertz CT molecular complexity index is 371. The van der Waals surface area contributed by atoms with E-state index in [0.717, 1.165) is 36.5 Å². The molecule has 0 N–H and O–H groups in total. The fourth-order valence-corrected chi connectivity index (χ4v) is 5.89. The molecular weight excluding hydrogens is 283 g/mol. The van der Waals surface area contributed by atoms with Gasteiger partial charge in [-0.2, -0.15) is 0 Å². The first-order valence-electron chi connectivity index (χ1n) is 10.4. The van der Waals surface area contributed by atoms with E-state index in [1.165, 1.54) is 57.8 Å². The van der Waals surface area contributed by atoms with Gasteiger partial charge < -0.3 is 0 Å². The van der Waals surface area contributed by atoms with Crippen LogP contribution in [0.1, 0.15) is 84.5 Å². The van der Waals surface area contributed by atoms with Gasteiger partial charge in [0.25, 0.3) is 0 Å². The summed E-state index contributed by atoms with van der Waals surface area (Å²) >= 11 is 0. The summed E-state index contributed by atoms with van der Waals surface area (Å²) < 4.78 is 14.0. The molecule has 3 saturated carbocycles. The summed E-state index contributed by atoms with van der Waals surface area (Å²) in [5.74, 6) is 4.71. The molecule has 0 aromatic carbocycles. The lowest BCUT2D eigenvalue weighted by molar-refractivity contribution is 0.0706. The predicted octanol–water partition coefficient (Wildman–Crippen LogP) is 6.95. The van der Waals surface area contributed by atoms with Crippen molar-refractivity contribution in [3.05, 3.63) is 12.2 Å². The molecule has 3 fully saturated rings. The van der Waals surface area contributed by atoms with Gasteiger partial charge in [-0.3, -0.25) is 0 Å². The Morgan fingerprint density at radius 1 is 0.696 bits per heavy atom. The monoisotopic (exact) mass is 320 g/mol. The zero-order valence-corrected chi connectivity index (χ0v) is 15.4. The first-order valence-corrected chi connectivity index (χ1v) is 10.4. The molecule has 132 valence electrons. The lowest BCUT2D eigenvalue weighted by atomic mass is 9.65. The Balaban J connectivity index is 1.42. The van der Waals surface area contributed by atoms with Crippen LogP contribution in [-0.2, 0) is 0 Å². The molecule has 0 aliphatic heterocycles. The molecule has 0 nitrogen and oxygen atoms in total. The van der Waals surface area contributed by atoms with Gasteiger partial charge in [0.05, 0.1) is 0 Å². The zero-order chi connectivity index (χ0) is 16.2. The van der Waals surface area contributed by atoms with E-state index in [1.54, 1.807) is 0 Å². The number of rotatable bonds is 3. The third-order valence-corrected chi connectivity index (χ3v) is 7.57. The van der Waals surface area contributed by atoms with Gasteiger partial charge in [-0.15, -0.1) is 0 Å². The average molecular weight is 321 g/mol. The maximum absolute atomic E-state index is 14.0. The van der Waals surface area contributed by atoms with Crippen LogP contribution in [0.4, 0.5) is 4.39 Å². The first-order chi connectivity index (χ1) is 11.2. The van der Waals surface area contributed by atoms with Crippen LogP contribution >= 0.6 is 0 Å². The molecule has 3 rings (SSSR count). The Morgan fingerprint density at radius 3 is 1.70 bits per heavy atom. The van der Waals surface area contributed by atoms with Crippen LogP contribution in [0, 0.1) is 35.5 Å². The van der Waals surface area contributed by atoms with Crippen LogP contribution in [0.5, 0.6) is 0 Å². The molecule has 0 aromatic rings. The number of allylic oxidation sites excluding steroid dienone is 2. The summed E-state index contributed by atoms with van der Waals surface area (Å²) in [6, 6.07) is 0. The Hall–Kier alpha value is -0.330. The molecule has 0 heterocycles. The minimum absolute atomic E-state index is 0.315. The highest BCUT2D eigenvalue weighted by Gasteiger charge is 2.36. The van der Waals surface area contributed by atoms with E-state index in [0.29, 0.717) is 11.8 Å². The lowest BCUT2D eigenvalue weighted by Crippen LogP contribution is -2.32. The van der Waals surface area contributed by atoms with E-state index < -0.39 is 6.17 Å². The summed E-state index contributed by atoms with van der Waals surface area (Å²) in [6.45, 7) is 4.25. The molecule has 3 aliphatic rings. The molecule has 23 heavy (non-hydrogen) atoms.